The Hall–Kier alpha value is -3.36. The molecule has 9 heteroatoms. The molecule has 0 atom stereocenters. The third-order valence-electron chi connectivity index (χ3n) is 4.94. The van der Waals surface area contributed by atoms with Crippen LogP contribution in [0.4, 0.5) is 26.3 Å². The van der Waals surface area contributed by atoms with E-state index in [1.54, 1.807) is 30.3 Å². The molecule has 3 aromatic carbocycles. The summed E-state index contributed by atoms with van der Waals surface area (Å²) in [6.45, 7) is 0. The van der Waals surface area contributed by atoms with Crippen LogP contribution in [0, 0.1) is 5.41 Å². The van der Waals surface area contributed by atoms with Crippen molar-refractivity contribution in [2.24, 2.45) is 10.7 Å². The number of nitrogens with one attached hydrogen (secondary N) is 1. The summed E-state index contributed by atoms with van der Waals surface area (Å²) in [5.74, 6) is -0.110. The lowest BCUT2D eigenvalue weighted by Crippen LogP contribution is -2.14. The number of hydrogen-bond donors (Lipinski definition) is 2. The molecule has 0 aliphatic carbocycles. The van der Waals surface area contributed by atoms with Gasteiger partial charge in [-0.2, -0.15) is 26.3 Å². The van der Waals surface area contributed by atoms with Crippen molar-refractivity contribution >= 4 is 22.4 Å². The normalized spacial score (nSPS) is 14.1. The van der Waals surface area contributed by atoms with Gasteiger partial charge in [-0.1, -0.05) is 42.5 Å². The maximum absolute atomic E-state index is 13.0. The number of rotatable bonds is 3. The molecule has 0 spiro atoms. The molecule has 0 bridgehead atoms. The first-order chi connectivity index (χ1) is 14.4. The fourth-order valence-corrected chi connectivity index (χ4v) is 3.91. The summed E-state index contributed by atoms with van der Waals surface area (Å²) >= 11 is 0. The molecule has 1 aliphatic heterocycles. The van der Waals surface area contributed by atoms with Gasteiger partial charge in [0.1, 0.15) is 5.84 Å². The third-order valence-corrected chi connectivity index (χ3v) is 4.94. The number of amidine groups is 2. The van der Waals surface area contributed by atoms with Crippen molar-refractivity contribution in [3.8, 4) is 11.1 Å². The van der Waals surface area contributed by atoms with E-state index in [2.05, 4.69) is 4.99 Å². The Morgan fingerprint density at radius 2 is 1.39 bits per heavy atom. The van der Waals surface area contributed by atoms with E-state index in [9.17, 15) is 26.3 Å². The molecular formula is C22H15F6N3. The molecule has 0 fully saturated rings. The lowest BCUT2D eigenvalue weighted by Gasteiger charge is -2.17. The van der Waals surface area contributed by atoms with Gasteiger partial charge in [0.25, 0.3) is 0 Å². The summed E-state index contributed by atoms with van der Waals surface area (Å²) in [6.07, 6.45) is -11.9. The van der Waals surface area contributed by atoms with Gasteiger partial charge in [-0.25, -0.2) is 4.99 Å². The largest absolute Gasteiger partial charge is 0.393 e. The van der Waals surface area contributed by atoms with E-state index in [0.717, 1.165) is 6.07 Å². The zero-order valence-electron chi connectivity index (χ0n) is 15.8. The highest BCUT2D eigenvalue weighted by Crippen LogP contribution is 2.39. The fraction of sp³-hybridized carbons (Fsp3) is 0.182. The van der Waals surface area contributed by atoms with Gasteiger partial charge < -0.3 is 5.73 Å². The van der Waals surface area contributed by atoms with E-state index in [1.165, 1.54) is 12.1 Å². The number of fused-ring (bicyclic) bond motifs is 2. The topological polar surface area (TPSA) is 62.2 Å². The summed E-state index contributed by atoms with van der Waals surface area (Å²) in [5.41, 5.74) is 6.55. The number of aliphatic imine (C=N–C) groups is 1. The molecule has 3 N–H and O–H groups in total. The maximum Gasteiger partial charge on any atom is 0.393 e. The first-order valence-corrected chi connectivity index (χ1v) is 9.17. The SMILES string of the molecule is N=C1N=C(N)c2cc3ccccc3c(-c3cc(CC(F)(F)F)cc(CC(F)(F)F)c3)c21. The fourth-order valence-electron chi connectivity index (χ4n) is 3.91. The molecule has 160 valence electrons. The summed E-state index contributed by atoms with van der Waals surface area (Å²) in [7, 11) is 0. The third kappa shape index (κ3) is 4.26. The number of hydrogen-bond acceptors (Lipinski definition) is 2. The molecule has 0 aromatic heterocycles. The van der Waals surface area contributed by atoms with Crippen LogP contribution in [-0.4, -0.2) is 24.0 Å². The molecule has 3 nitrogen and oxygen atoms in total. The van der Waals surface area contributed by atoms with E-state index in [0.29, 0.717) is 27.5 Å². The minimum Gasteiger partial charge on any atom is -0.383 e. The molecule has 31 heavy (non-hydrogen) atoms. The van der Waals surface area contributed by atoms with Crippen LogP contribution < -0.4 is 5.73 Å². The van der Waals surface area contributed by atoms with Crippen molar-refractivity contribution in [3.63, 3.8) is 0 Å². The van der Waals surface area contributed by atoms with Gasteiger partial charge in [-0.05, 0) is 33.5 Å². The Bertz CT molecular complexity index is 1200. The lowest BCUT2D eigenvalue weighted by molar-refractivity contribution is -0.127. The van der Waals surface area contributed by atoms with Crippen LogP contribution in [0.2, 0.25) is 0 Å². The van der Waals surface area contributed by atoms with Crippen molar-refractivity contribution in [3.05, 3.63) is 70.8 Å². The monoisotopic (exact) mass is 435 g/mol. The van der Waals surface area contributed by atoms with Crippen LogP contribution in [0.1, 0.15) is 22.3 Å². The van der Waals surface area contributed by atoms with E-state index in [1.807, 2.05) is 0 Å². The Labute approximate surface area is 172 Å². The molecule has 1 aliphatic rings. The molecule has 1 heterocycles. The highest BCUT2D eigenvalue weighted by Gasteiger charge is 2.32. The van der Waals surface area contributed by atoms with Gasteiger partial charge in [-0.3, -0.25) is 5.41 Å². The van der Waals surface area contributed by atoms with E-state index in [4.69, 9.17) is 11.1 Å². The van der Waals surface area contributed by atoms with Crippen LogP contribution in [0.25, 0.3) is 21.9 Å². The highest BCUT2D eigenvalue weighted by molar-refractivity contribution is 6.26. The number of alkyl halides is 6. The summed E-state index contributed by atoms with van der Waals surface area (Å²) in [5, 5.41) is 9.46. The van der Waals surface area contributed by atoms with Gasteiger partial charge in [0.15, 0.2) is 5.84 Å². The van der Waals surface area contributed by atoms with Crippen LogP contribution >= 0.6 is 0 Å². The lowest BCUT2D eigenvalue weighted by atomic mass is 9.87. The second-order valence-electron chi connectivity index (χ2n) is 7.36. The van der Waals surface area contributed by atoms with Gasteiger partial charge in [0.2, 0.25) is 0 Å². The molecule has 0 radical (unpaired) electrons. The van der Waals surface area contributed by atoms with E-state index >= 15 is 0 Å². The standard InChI is InChI=1S/C22H15F6N3/c23-21(24,25)9-11-5-12(10-22(26,27)28)7-14(6-11)17-15-4-2-1-3-13(15)8-16-18(17)20(30)31-19(16)29/h1-8H,9-10H2,(H3,29,30,31). The van der Waals surface area contributed by atoms with Crippen molar-refractivity contribution in [1.82, 2.24) is 0 Å². The molecule has 0 amide bonds. The predicted octanol–water partition coefficient (Wildman–Crippen LogP) is 5.76. The van der Waals surface area contributed by atoms with Gasteiger partial charge in [-0.15, -0.1) is 0 Å². The number of nitrogens with zero attached hydrogens (tertiary/aromatic N) is 1. The zero-order chi connectivity index (χ0) is 22.6. The predicted molar refractivity (Wildman–Crippen MR) is 106 cm³/mol. The number of halogens is 6. The van der Waals surface area contributed by atoms with Crippen molar-refractivity contribution in [2.45, 2.75) is 25.2 Å². The minimum absolute atomic E-state index is 0.0777. The smallest absolute Gasteiger partial charge is 0.383 e. The van der Waals surface area contributed by atoms with Crippen LogP contribution in [0.5, 0.6) is 0 Å². The molecule has 3 aromatic rings. The van der Waals surface area contributed by atoms with Gasteiger partial charge in [0.05, 0.1) is 12.8 Å². The molecule has 0 unspecified atom stereocenters. The first-order valence-electron chi connectivity index (χ1n) is 9.17. The molecule has 0 saturated heterocycles. The molecule has 0 saturated carbocycles. The van der Waals surface area contributed by atoms with Crippen LogP contribution in [0.15, 0.2) is 53.5 Å². The Balaban J connectivity index is 2.02. The maximum atomic E-state index is 13.0. The average Bonchev–Trinajstić information content (AvgIpc) is 2.90. The highest BCUT2D eigenvalue weighted by atomic mass is 19.4. The van der Waals surface area contributed by atoms with Gasteiger partial charge in [0, 0.05) is 16.7 Å². The molecular weight excluding hydrogens is 420 g/mol. The van der Waals surface area contributed by atoms with Gasteiger partial charge >= 0.3 is 12.4 Å². The Kier molecular flexibility index (Phi) is 4.79. The second-order valence-corrected chi connectivity index (χ2v) is 7.36. The first kappa shape index (κ1) is 20.9. The Morgan fingerprint density at radius 3 is 1.97 bits per heavy atom. The summed E-state index contributed by atoms with van der Waals surface area (Å²) in [4.78, 5) is 3.95. The summed E-state index contributed by atoms with van der Waals surface area (Å²) < 4.78 is 78.2. The van der Waals surface area contributed by atoms with Crippen LogP contribution in [-0.2, 0) is 12.8 Å². The molecule has 4 rings (SSSR count). The number of nitrogens with two attached hydrogens (primary N) is 1. The minimum atomic E-state index is -4.59. The van der Waals surface area contributed by atoms with E-state index < -0.39 is 25.2 Å². The van der Waals surface area contributed by atoms with Crippen molar-refractivity contribution in [2.75, 3.05) is 0 Å². The summed E-state index contributed by atoms with van der Waals surface area (Å²) in [6, 6.07) is 12.0. The second kappa shape index (κ2) is 7.11. The number of benzene rings is 3. The van der Waals surface area contributed by atoms with Crippen molar-refractivity contribution in [1.29, 1.82) is 5.41 Å². The zero-order valence-corrected chi connectivity index (χ0v) is 15.8. The van der Waals surface area contributed by atoms with E-state index in [-0.39, 0.29) is 28.4 Å². The quantitative estimate of drug-likeness (QED) is 0.505. The van der Waals surface area contributed by atoms with Crippen LogP contribution in [0.3, 0.4) is 0 Å². The average molecular weight is 435 g/mol. The van der Waals surface area contributed by atoms with Crippen molar-refractivity contribution < 1.29 is 26.3 Å². The Morgan fingerprint density at radius 1 is 0.806 bits per heavy atom.